The predicted octanol–water partition coefficient (Wildman–Crippen LogP) is 0.691. The van der Waals surface area contributed by atoms with Gasteiger partial charge in [-0.3, -0.25) is 19.1 Å². The fraction of sp³-hybridized carbons (Fsp3) is 0.727. The van der Waals surface area contributed by atoms with Crippen molar-refractivity contribution >= 4 is 33.8 Å². The van der Waals surface area contributed by atoms with Crippen molar-refractivity contribution in [2.24, 2.45) is 11.7 Å². The summed E-state index contributed by atoms with van der Waals surface area (Å²) in [6.45, 7) is 3.22. The molecule has 3 aliphatic rings. The van der Waals surface area contributed by atoms with Gasteiger partial charge >= 0.3 is 6.09 Å². The van der Waals surface area contributed by atoms with Gasteiger partial charge in [0.05, 0.1) is 5.25 Å². The third-order valence-electron chi connectivity index (χ3n) is 6.70. The number of hydrogen-bond acceptors (Lipinski definition) is 7. The molecule has 34 heavy (non-hydrogen) atoms. The molecule has 2 fully saturated rings. The third-order valence-corrected chi connectivity index (χ3v) is 8.41. The van der Waals surface area contributed by atoms with Crippen molar-refractivity contribution in [3.63, 3.8) is 0 Å². The highest BCUT2D eigenvalue weighted by Crippen LogP contribution is 2.45. The molecule has 12 heteroatoms. The lowest BCUT2D eigenvalue weighted by Gasteiger charge is -2.29. The number of amides is 4. The van der Waals surface area contributed by atoms with Crippen LogP contribution in [0.3, 0.4) is 0 Å². The lowest BCUT2D eigenvalue weighted by Crippen LogP contribution is -2.57. The fourth-order valence-corrected chi connectivity index (χ4v) is 5.19. The molecule has 1 saturated heterocycles. The standard InChI is InChI=1S/C22H34N4O7S/c1-14(2)34(31,32)25-20(29)22-13-15(22)9-6-4-3-5-7-11-17(33-21(23)30)19(28)26-12-8-10-16(26)18(27)24-22/h6,9,14-17H,3-5,7-8,10-13H2,1-2H3,(H2,23,30)(H,24,27)(H,25,29). The van der Waals surface area contributed by atoms with Gasteiger partial charge in [0, 0.05) is 12.5 Å². The summed E-state index contributed by atoms with van der Waals surface area (Å²) in [5, 5.41) is 1.94. The number of carbonyl (C=O) groups excluding carboxylic acids is 4. The molecule has 4 amide bonds. The molecule has 0 radical (unpaired) electrons. The number of fused-ring (bicyclic) bond motifs is 2. The van der Waals surface area contributed by atoms with E-state index in [1.54, 1.807) is 0 Å². The van der Waals surface area contributed by atoms with Gasteiger partial charge in [0.1, 0.15) is 11.6 Å². The zero-order chi connectivity index (χ0) is 25.1. The van der Waals surface area contributed by atoms with Gasteiger partial charge in [0.2, 0.25) is 15.9 Å². The summed E-state index contributed by atoms with van der Waals surface area (Å²) in [6, 6.07) is -0.854. The summed E-state index contributed by atoms with van der Waals surface area (Å²) in [4.78, 5) is 52.2. The molecule has 0 aromatic carbocycles. The summed E-state index contributed by atoms with van der Waals surface area (Å²) in [6.07, 6.45) is 6.13. The van der Waals surface area contributed by atoms with E-state index in [2.05, 4.69) is 10.0 Å². The van der Waals surface area contributed by atoms with Gasteiger partial charge in [0.15, 0.2) is 6.10 Å². The minimum atomic E-state index is -3.89. The quantitative estimate of drug-likeness (QED) is 0.480. The second-order valence-corrected chi connectivity index (χ2v) is 11.7. The Morgan fingerprint density at radius 3 is 2.62 bits per heavy atom. The summed E-state index contributed by atoms with van der Waals surface area (Å²) < 4.78 is 31.8. The number of nitrogens with two attached hydrogens (primary N) is 1. The smallest absolute Gasteiger partial charge is 0.405 e. The number of allylic oxidation sites excluding steroid dienone is 1. The Balaban J connectivity index is 1.87. The summed E-state index contributed by atoms with van der Waals surface area (Å²) in [7, 11) is -3.89. The largest absolute Gasteiger partial charge is 0.436 e. The van der Waals surface area contributed by atoms with Crippen LogP contribution in [-0.2, 0) is 29.1 Å². The van der Waals surface area contributed by atoms with Crippen molar-refractivity contribution in [3.8, 4) is 0 Å². The minimum Gasteiger partial charge on any atom is -0.436 e. The SMILES string of the molecule is CC(C)S(=O)(=O)NC(=O)C12CC1C=CCCCCCC(OC(N)=O)C(=O)N1CCCC1C(=O)N2. The maximum Gasteiger partial charge on any atom is 0.405 e. The van der Waals surface area contributed by atoms with E-state index in [1.807, 2.05) is 12.2 Å². The Bertz CT molecular complexity index is 964. The van der Waals surface area contributed by atoms with Crippen molar-refractivity contribution in [1.29, 1.82) is 0 Å². The number of hydrogen-bond donors (Lipinski definition) is 3. The highest BCUT2D eigenvalue weighted by molar-refractivity contribution is 7.90. The first kappa shape index (κ1) is 26.0. The van der Waals surface area contributed by atoms with E-state index in [-0.39, 0.29) is 12.3 Å². The summed E-state index contributed by atoms with van der Waals surface area (Å²) >= 11 is 0. The molecule has 1 aliphatic carbocycles. The van der Waals surface area contributed by atoms with Crippen LogP contribution in [0.4, 0.5) is 4.79 Å². The van der Waals surface area contributed by atoms with Crippen molar-refractivity contribution in [2.75, 3.05) is 6.54 Å². The maximum atomic E-state index is 13.3. The van der Waals surface area contributed by atoms with Gasteiger partial charge in [-0.2, -0.15) is 0 Å². The van der Waals surface area contributed by atoms with Crippen LogP contribution in [-0.4, -0.2) is 66.6 Å². The van der Waals surface area contributed by atoms with Crippen molar-refractivity contribution < 1.29 is 32.3 Å². The van der Waals surface area contributed by atoms with Crippen LogP contribution in [0.25, 0.3) is 0 Å². The number of carbonyl (C=O) groups is 4. The monoisotopic (exact) mass is 498 g/mol. The van der Waals surface area contributed by atoms with Crippen molar-refractivity contribution in [2.45, 2.75) is 88.1 Å². The lowest BCUT2D eigenvalue weighted by molar-refractivity contribution is -0.146. The third kappa shape index (κ3) is 5.70. The minimum absolute atomic E-state index is 0.267. The van der Waals surface area contributed by atoms with Crippen molar-refractivity contribution in [3.05, 3.63) is 12.2 Å². The molecular formula is C22H34N4O7S. The number of nitrogens with zero attached hydrogens (tertiary/aromatic N) is 1. The van der Waals surface area contributed by atoms with E-state index >= 15 is 0 Å². The van der Waals surface area contributed by atoms with E-state index in [4.69, 9.17) is 10.5 Å². The van der Waals surface area contributed by atoms with Gasteiger partial charge in [-0.1, -0.05) is 18.6 Å². The highest BCUT2D eigenvalue weighted by atomic mass is 32.2. The Morgan fingerprint density at radius 2 is 1.94 bits per heavy atom. The van der Waals surface area contributed by atoms with Crippen LogP contribution in [0.2, 0.25) is 0 Å². The van der Waals surface area contributed by atoms with E-state index < -0.39 is 56.8 Å². The second kappa shape index (κ2) is 10.3. The molecule has 0 aromatic rings. The molecule has 1 saturated carbocycles. The first-order valence-electron chi connectivity index (χ1n) is 11.8. The number of rotatable bonds is 4. The Kier molecular flexibility index (Phi) is 7.89. The van der Waals surface area contributed by atoms with Crippen LogP contribution in [0.1, 0.15) is 65.2 Å². The first-order valence-corrected chi connectivity index (χ1v) is 13.3. The zero-order valence-corrected chi connectivity index (χ0v) is 20.4. The van der Waals surface area contributed by atoms with Gasteiger partial charge < -0.3 is 20.7 Å². The Hall–Kier alpha value is -2.63. The van der Waals surface area contributed by atoms with E-state index in [1.165, 1.54) is 18.7 Å². The molecule has 0 bridgehead atoms. The van der Waals surface area contributed by atoms with Crippen LogP contribution in [0.15, 0.2) is 12.2 Å². The molecule has 190 valence electrons. The topological polar surface area (TPSA) is 165 Å². The molecule has 2 aliphatic heterocycles. The first-order chi connectivity index (χ1) is 16.0. The molecule has 2 heterocycles. The number of ether oxygens (including phenoxy) is 1. The number of primary amides is 1. The van der Waals surface area contributed by atoms with E-state index in [0.717, 1.165) is 19.3 Å². The zero-order valence-electron chi connectivity index (χ0n) is 19.6. The number of nitrogens with one attached hydrogen (secondary N) is 2. The number of sulfonamides is 1. The molecule has 4 unspecified atom stereocenters. The van der Waals surface area contributed by atoms with E-state index in [9.17, 15) is 27.6 Å². The Labute approximate surface area is 199 Å². The molecular weight excluding hydrogens is 464 g/mol. The van der Waals surface area contributed by atoms with Crippen molar-refractivity contribution in [1.82, 2.24) is 14.9 Å². The van der Waals surface area contributed by atoms with Gasteiger partial charge in [0.25, 0.3) is 11.8 Å². The molecule has 11 nitrogen and oxygen atoms in total. The molecule has 0 spiro atoms. The molecule has 4 N–H and O–H groups in total. The highest BCUT2D eigenvalue weighted by Gasteiger charge is 2.61. The van der Waals surface area contributed by atoms with Crippen LogP contribution in [0, 0.1) is 5.92 Å². The van der Waals surface area contributed by atoms with E-state index in [0.29, 0.717) is 32.2 Å². The summed E-state index contributed by atoms with van der Waals surface area (Å²) in [5.41, 5.74) is 3.77. The van der Waals surface area contributed by atoms with Gasteiger partial charge in [-0.15, -0.1) is 0 Å². The molecule has 4 atom stereocenters. The summed E-state index contributed by atoms with van der Waals surface area (Å²) in [5.74, 6) is -2.15. The second-order valence-electron chi connectivity index (χ2n) is 9.48. The average molecular weight is 499 g/mol. The van der Waals surface area contributed by atoms with Gasteiger partial charge in [-0.25, -0.2) is 13.2 Å². The lowest BCUT2D eigenvalue weighted by atomic mass is 10.1. The normalized spacial score (nSPS) is 30.4. The van der Waals surface area contributed by atoms with Crippen LogP contribution in [0.5, 0.6) is 0 Å². The predicted molar refractivity (Wildman–Crippen MR) is 123 cm³/mol. The molecule has 3 rings (SSSR count). The van der Waals surface area contributed by atoms with Crippen LogP contribution < -0.4 is 15.8 Å². The molecule has 0 aromatic heterocycles. The Morgan fingerprint density at radius 1 is 1.21 bits per heavy atom. The average Bonchev–Trinajstić information content (AvgIpc) is 3.21. The van der Waals surface area contributed by atoms with Gasteiger partial charge in [-0.05, 0) is 58.8 Å². The maximum absolute atomic E-state index is 13.3. The van der Waals surface area contributed by atoms with Crippen LogP contribution >= 0.6 is 0 Å². The fourth-order valence-electron chi connectivity index (χ4n) is 4.51.